The van der Waals surface area contributed by atoms with Crippen LogP contribution >= 0.6 is 0 Å². The third-order valence-corrected chi connectivity index (χ3v) is 3.93. The lowest BCUT2D eigenvalue weighted by Gasteiger charge is -2.20. The number of ether oxygens (including phenoxy) is 2. The fraction of sp³-hybridized carbons (Fsp3) is 0.846. The van der Waals surface area contributed by atoms with Gasteiger partial charge in [0.2, 0.25) is 0 Å². The Morgan fingerprint density at radius 1 is 0.882 bits per heavy atom. The Labute approximate surface area is 103 Å². The summed E-state index contributed by atoms with van der Waals surface area (Å²) >= 11 is 0. The Kier molecular flexibility index (Phi) is 4.17. The molecule has 0 aromatic heterocycles. The third-order valence-electron chi connectivity index (χ3n) is 3.93. The molecule has 17 heavy (non-hydrogen) atoms. The van der Waals surface area contributed by atoms with Crippen molar-refractivity contribution in [3.05, 3.63) is 0 Å². The van der Waals surface area contributed by atoms with Crippen molar-refractivity contribution in [2.75, 3.05) is 13.2 Å². The van der Waals surface area contributed by atoms with Crippen LogP contribution in [0, 0.1) is 10.8 Å². The van der Waals surface area contributed by atoms with E-state index < -0.39 is 10.8 Å². The molecule has 0 heterocycles. The lowest BCUT2D eigenvalue weighted by molar-refractivity contribution is -0.160. The van der Waals surface area contributed by atoms with Crippen LogP contribution in [0.5, 0.6) is 0 Å². The van der Waals surface area contributed by atoms with Gasteiger partial charge in [0.25, 0.3) is 0 Å². The number of esters is 2. The number of rotatable bonds is 6. The lowest BCUT2D eigenvalue weighted by atomic mass is 9.88. The van der Waals surface area contributed by atoms with Gasteiger partial charge in [0.1, 0.15) is 0 Å². The highest BCUT2D eigenvalue weighted by Gasteiger charge is 2.75. The molecule has 0 saturated heterocycles. The molecule has 0 N–H and O–H groups in total. The highest BCUT2D eigenvalue weighted by molar-refractivity contribution is 5.94. The smallest absolute Gasteiger partial charge is 0.313 e. The largest absolute Gasteiger partial charge is 0.466 e. The van der Waals surface area contributed by atoms with Crippen LogP contribution in [0.2, 0.25) is 0 Å². The maximum atomic E-state index is 12.0. The molecule has 2 atom stereocenters. The molecule has 0 amide bonds. The molecule has 0 spiro atoms. The van der Waals surface area contributed by atoms with Gasteiger partial charge in [0.15, 0.2) is 0 Å². The molecule has 1 aliphatic carbocycles. The summed E-state index contributed by atoms with van der Waals surface area (Å²) in [4.78, 5) is 24.0. The van der Waals surface area contributed by atoms with E-state index in [-0.39, 0.29) is 11.9 Å². The number of carbonyl (C=O) groups is 2. The Bertz CT molecular complexity index is 283. The minimum Gasteiger partial charge on any atom is -0.466 e. The molecule has 0 aromatic carbocycles. The van der Waals surface area contributed by atoms with E-state index in [0.717, 1.165) is 0 Å². The van der Waals surface area contributed by atoms with E-state index >= 15 is 0 Å². The van der Waals surface area contributed by atoms with Gasteiger partial charge in [-0.2, -0.15) is 0 Å². The second-order valence-corrected chi connectivity index (χ2v) is 4.49. The third kappa shape index (κ3) is 1.94. The Hall–Kier alpha value is -1.06. The standard InChI is InChI=1S/C13H22O4/c1-5-12(10(14)16-7-3)9-13(12,6-2)11(15)17-8-4/h5-9H2,1-4H3. The van der Waals surface area contributed by atoms with Crippen molar-refractivity contribution >= 4 is 11.9 Å². The zero-order valence-corrected chi connectivity index (χ0v) is 11.2. The van der Waals surface area contributed by atoms with Gasteiger partial charge in [-0.25, -0.2) is 0 Å². The highest BCUT2D eigenvalue weighted by Crippen LogP contribution is 2.69. The second kappa shape index (κ2) is 5.07. The van der Waals surface area contributed by atoms with Gasteiger partial charge in [-0.1, -0.05) is 13.8 Å². The zero-order valence-electron chi connectivity index (χ0n) is 11.2. The minimum atomic E-state index is -0.649. The van der Waals surface area contributed by atoms with Crippen LogP contribution in [0.4, 0.5) is 0 Å². The quantitative estimate of drug-likeness (QED) is 0.671. The molecule has 0 radical (unpaired) electrons. The van der Waals surface area contributed by atoms with Gasteiger partial charge < -0.3 is 9.47 Å². The normalized spacial score (nSPS) is 30.8. The summed E-state index contributed by atoms with van der Waals surface area (Å²) in [5.74, 6) is -0.505. The average molecular weight is 242 g/mol. The fourth-order valence-corrected chi connectivity index (χ4v) is 2.76. The van der Waals surface area contributed by atoms with Crippen molar-refractivity contribution in [2.24, 2.45) is 10.8 Å². The van der Waals surface area contributed by atoms with Crippen LogP contribution in [0.25, 0.3) is 0 Å². The number of hydrogen-bond donors (Lipinski definition) is 0. The lowest BCUT2D eigenvalue weighted by Crippen LogP contribution is -2.32. The first-order chi connectivity index (χ1) is 8.04. The van der Waals surface area contributed by atoms with Gasteiger partial charge >= 0.3 is 11.9 Å². The molecule has 1 aliphatic rings. The Morgan fingerprint density at radius 3 is 1.47 bits per heavy atom. The van der Waals surface area contributed by atoms with Gasteiger partial charge in [0, 0.05) is 0 Å². The molecule has 0 bridgehead atoms. The predicted molar refractivity (Wildman–Crippen MR) is 63.3 cm³/mol. The van der Waals surface area contributed by atoms with E-state index in [1.165, 1.54) is 0 Å². The molecular formula is C13H22O4. The number of hydrogen-bond acceptors (Lipinski definition) is 4. The zero-order chi connectivity index (χ0) is 13.1. The first-order valence-electron chi connectivity index (χ1n) is 6.39. The van der Waals surface area contributed by atoms with Gasteiger partial charge in [0.05, 0.1) is 24.0 Å². The summed E-state index contributed by atoms with van der Waals surface area (Å²) in [6, 6.07) is 0. The van der Waals surface area contributed by atoms with Crippen LogP contribution in [-0.4, -0.2) is 25.2 Å². The summed E-state index contributed by atoms with van der Waals surface area (Å²) in [5, 5.41) is 0. The molecule has 4 heteroatoms. The topological polar surface area (TPSA) is 52.6 Å². The molecule has 0 aliphatic heterocycles. The summed E-state index contributed by atoms with van der Waals surface area (Å²) < 4.78 is 10.2. The maximum absolute atomic E-state index is 12.0. The average Bonchev–Trinajstić information content (AvgIpc) is 3.01. The molecule has 2 unspecified atom stereocenters. The van der Waals surface area contributed by atoms with E-state index in [2.05, 4.69) is 0 Å². The Balaban J connectivity index is 2.91. The molecule has 0 aromatic rings. The molecule has 1 fully saturated rings. The first kappa shape index (κ1) is 14.0. The summed E-state index contributed by atoms with van der Waals surface area (Å²) in [7, 11) is 0. The van der Waals surface area contributed by atoms with Gasteiger partial charge in [-0.3, -0.25) is 9.59 Å². The second-order valence-electron chi connectivity index (χ2n) is 4.49. The fourth-order valence-electron chi connectivity index (χ4n) is 2.76. The van der Waals surface area contributed by atoms with Crippen molar-refractivity contribution in [3.8, 4) is 0 Å². The summed E-state index contributed by atoms with van der Waals surface area (Å²) in [6.07, 6.45) is 1.81. The van der Waals surface area contributed by atoms with E-state index in [4.69, 9.17) is 9.47 Å². The van der Waals surface area contributed by atoms with Gasteiger partial charge in [-0.15, -0.1) is 0 Å². The van der Waals surface area contributed by atoms with Crippen LogP contribution in [-0.2, 0) is 19.1 Å². The van der Waals surface area contributed by atoms with Crippen molar-refractivity contribution in [3.63, 3.8) is 0 Å². The van der Waals surface area contributed by atoms with E-state index in [0.29, 0.717) is 32.5 Å². The van der Waals surface area contributed by atoms with Crippen LogP contribution in [0.3, 0.4) is 0 Å². The van der Waals surface area contributed by atoms with Crippen LogP contribution < -0.4 is 0 Å². The van der Waals surface area contributed by atoms with Crippen molar-refractivity contribution in [1.29, 1.82) is 0 Å². The van der Waals surface area contributed by atoms with Crippen LogP contribution in [0.15, 0.2) is 0 Å². The summed E-state index contributed by atoms with van der Waals surface area (Å²) in [5.41, 5.74) is -1.30. The molecule has 98 valence electrons. The van der Waals surface area contributed by atoms with Crippen molar-refractivity contribution in [2.45, 2.75) is 47.0 Å². The summed E-state index contributed by atoms with van der Waals surface area (Å²) in [6.45, 7) is 8.11. The van der Waals surface area contributed by atoms with E-state index in [9.17, 15) is 9.59 Å². The van der Waals surface area contributed by atoms with Crippen molar-refractivity contribution in [1.82, 2.24) is 0 Å². The Morgan fingerprint density at radius 2 is 1.24 bits per heavy atom. The first-order valence-corrected chi connectivity index (χ1v) is 6.39. The van der Waals surface area contributed by atoms with Crippen LogP contribution in [0.1, 0.15) is 47.0 Å². The monoisotopic (exact) mass is 242 g/mol. The molecule has 1 saturated carbocycles. The van der Waals surface area contributed by atoms with Crippen molar-refractivity contribution < 1.29 is 19.1 Å². The minimum absolute atomic E-state index is 0.252. The molecule has 4 nitrogen and oxygen atoms in total. The maximum Gasteiger partial charge on any atom is 0.313 e. The van der Waals surface area contributed by atoms with Gasteiger partial charge in [-0.05, 0) is 33.1 Å². The number of carbonyl (C=O) groups excluding carboxylic acids is 2. The van der Waals surface area contributed by atoms with E-state index in [1.54, 1.807) is 13.8 Å². The van der Waals surface area contributed by atoms with E-state index in [1.807, 2.05) is 13.8 Å². The molecular weight excluding hydrogens is 220 g/mol. The highest BCUT2D eigenvalue weighted by atomic mass is 16.5. The SMILES string of the molecule is CCOC(=O)C1(CC)CC1(CC)C(=O)OCC. The predicted octanol–water partition coefficient (Wildman–Crippen LogP) is 2.31. The molecule has 1 rings (SSSR count).